The molecule has 0 fully saturated rings. The summed E-state index contributed by atoms with van der Waals surface area (Å²) in [5, 5.41) is 2.44. The van der Waals surface area contributed by atoms with Gasteiger partial charge in [-0.15, -0.1) is 6.58 Å². The average Bonchev–Trinajstić information content (AvgIpc) is 3.51. The molecule has 7 rings (SSSR count). The lowest BCUT2D eigenvalue weighted by Gasteiger charge is -2.28. The van der Waals surface area contributed by atoms with E-state index in [4.69, 9.17) is 11.5 Å². The molecular weight excluding hydrogens is 813 g/mol. The summed E-state index contributed by atoms with van der Waals surface area (Å²) >= 11 is 0. The summed E-state index contributed by atoms with van der Waals surface area (Å²) in [7, 11) is 0. The summed E-state index contributed by atoms with van der Waals surface area (Å²) in [6.45, 7) is 15.6. The fourth-order valence-corrected chi connectivity index (χ4v) is 7.53. The van der Waals surface area contributed by atoms with Crippen molar-refractivity contribution < 1.29 is 0 Å². The molecule has 5 aromatic carbocycles. The molecule has 6 aromatic rings. The number of nitrogens with two attached hydrogens (primary N) is 2. The lowest BCUT2D eigenvalue weighted by Crippen LogP contribution is -2.15. The van der Waals surface area contributed by atoms with E-state index in [0.29, 0.717) is 0 Å². The molecule has 0 radical (unpaired) electrons. The summed E-state index contributed by atoms with van der Waals surface area (Å²) in [6, 6.07) is 43.0. The monoisotopic (exact) mass is 877 g/mol. The first-order valence-electron chi connectivity index (χ1n) is 22.7. The van der Waals surface area contributed by atoms with Crippen LogP contribution in [0.25, 0.3) is 50.3 Å². The highest BCUT2D eigenvalue weighted by atomic mass is 15.1. The van der Waals surface area contributed by atoms with Crippen LogP contribution in [-0.2, 0) is 0 Å². The number of fused-ring (bicyclic) bond motifs is 3. The van der Waals surface area contributed by atoms with Crippen molar-refractivity contribution in [2.24, 2.45) is 17.4 Å². The second-order valence-electron chi connectivity index (χ2n) is 15.3. The number of hydrogen-bond donors (Lipinski definition) is 2. The maximum atomic E-state index is 5.72. The minimum atomic E-state index is 0.161. The van der Waals surface area contributed by atoms with Crippen molar-refractivity contribution in [3.8, 4) is 11.1 Å². The molecule has 1 unspecified atom stereocenters. The van der Waals surface area contributed by atoms with Crippen LogP contribution in [0.1, 0.15) is 38.8 Å². The van der Waals surface area contributed by atoms with Gasteiger partial charge in [0.25, 0.3) is 0 Å². The standard InChI is InChI=1S/C53H47N3.C7H11N.C3H6/c1-4-6-19-40(3)55(47-25-14-9-15-26-47)53-39-46(32-31-42(53)5-2)45-33-35-52-50(38-45)49-28-16-17-29-51(49)56(52)48-27-18-21-41(30-34-48)20-10-7-11-24-44(36-37-54)43-22-12-8-13-23-43;1-2-3-4-5-6-7-8;1-3-2/h4-39,41H,2,54H2,1,3H3;2-7H,8H2,1H3;3H,1H2,2H3/b6-4-,11-7+,20-10+,37-36-,40-19+,44-24+;3-2+,5-4-,7-6-;. The Labute approximate surface area is 399 Å². The molecule has 4 N–H and O–H groups in total. The summed E-state index contributed by atoms with van der Waals surface area (Å²) < 4.78 is 2.38. The smallest absolute Gasteiger partial charge is 0.0541 e. The number of para-hydroxylation sites is 2. The molecule has 1 heterocycles. The maximum Gasteiger partial charge on any atom is 0.0541 e. The molecule has 4 nitrogen and oxygen atoms in total. The van der Waals surface area contributed by atoms with Gasteiger partial charge in [-0.3, -0.25) is 0 Å². The highest BCUT2D eigenvalue weighted by molar-refractivity contribution is 6.11. The van der Waals surface area contributed by atoms with E-state index in [0.717, 1.165) is 50.6 Å². The predicted molar refractivity (Wildman–Crippen MR) is 297 cm³/mol. The highest BCUT2D eigenvalue weighted by Gasteiger charge is 2.18. The van der Waals surface area contributed by atoms with Crippen LogP contribution >= 0.6 is 0 Å². The Balaban J connectivity index is 0.000000685. The topological polar surface area (TPSA) is 60.2 Å². The van der Waals surface area contributed by atoms with E-state index in [-0.39, 0.29) is 5.92 Å². The Morgan fingerprint density at radius 2 is 1.28 bits per heavy atom. The molecular formula is C63H64N4. The minimum Gasteiger partial charge on any atom is -0.405 e. The first-order valence-corrected chi connectivity index (χ1v) is 22.7. The van der Waals surface area contributed by atoms with E-state index in [9.17, 15) is 0 Å². The van der Waals surface area contributed by atoms with Crippen molar-refractivity contribution in [3.05, 3.63) is 285 Å². The van der Waals surface area contributed by atoms with Gasteiger partial charge in [0.05, 0.1) is 16.7 Å². The van der Waals surface area contributed by atoms with Gasteiger partial charge < -0.3 is 20.9 Å². The first kappa shape index (κ1) is 49.7. The zero-order valence-electron chi connectivity index (χ0n) is 39.4. The first-order chi connectivity index (χ1) is 32.9. The minimum absolute atomic E-state index is 0.161. The van der Waals surface area contributed by atoms with Gasteiger partial charge in [0.15, 0.2) is 0 Å². The third kappa shape index (κ3) is 13.8. The largest absolute Gasteiger partial charge is 0.405 e. The molecule has 1 atom stereocenters. The average molecular weight is 877 g/mol. The molecule has 1 aromatic heterocycles. The van der Waals surface area contributed by atoms with E-state index < -0.39 is 0 Å². The molecule has 67 heavy (non-hydrogen) atoms. The van der Waals surface area contributed by atoms with E-state index >= 15 is 0 Å². The van der Waals surface area contributed by atoms with Crippen LogP contribution < -0.4 is 16.4 Å². The van der Waals surface area contributed by atoms with Gasteiger partial charge in [0.1, 0.15) is 0 Å². The van der Waals surface area contributed by atoms with Gasteiger partial charge in [0, 0.05) is 33.8 Å². The molecule has 1 aliphatic rings. The molecule has 0 saturated heterocycles. The summed E-state index contributed by atoms with van der Waals surface area (Å²) in [4.78, 5) is 2.31. The molecule has 0 saturated carbocycles. The van der Waals surface area contributed by atoms with Crippen molar-refractivity contribution in [3.63, 3.8) is 0 Å². The van der Waals surface area contributed by atoms with Crippen molar-refractivity contribution in [1.82, 2.24) is 4.57 Å². The van der Waals surface area contributed by atoms with Gasteiger partial charge in [-0.25, -0.2) is 0 Å². The van der Waals surface area contributed by atoms with Gasteiger partial charge in [-0.2, -0.15) is 0 Å². The third-order valence-electron chi connectivity index (χ3n) is 10.6. The maximum absolute atomic E-state index is 5.72. The fraction of sp³-hybridized carbons (Fsp3) is 0.0794. The number of hydrogen-bond acceptors (Lipinski definition) is 3. The van der Waals surface area contributed by atoms with Crippen molar-refractivity contribution in [2.75, 3.05) is 4.90 Å². The van der Waals surface area contributed by atoms with Crippen LogP contribution in [0.2, 0.25) is 0 Å². The van der Waals surface area contributed by atoms with E-state index in [2.05, 4.69) is 212 Å². The molecule has 1 aliphatic carbocycles. The zero-order chi connectivity index (χ0) is 47.6. The van der Waals surface area contributed by atoms with Crippen molar-refractivity contribution in [1.29, 1.82) is 0 Å². The number of rotatable bonds is 14. The van der Waals surface area contributed by atoms with Gasteiger partial charge in [0.2, 0.25) is 0 Å². The number of nitrogens with zero attached hydrogens (tertiary/aromatic N) is 2. The summed E-state index contributed by atoms with van der Waals surface area (Å²) in [6.07, 6.45) is 46.0. The Bertz CT molecular complexity index is 2920. The number of allylic oxidation sites excluding steroid dienone is 23. The normalized spacial score (nSPS) is 14.4. The Kier molecular flexibility index (Phi) is 20.1. The number of benzene rings is 5. The van der Waals surface area contributed by atoms with Crippen LogP contribution in [-0.4, -0.2) is 4.57 Å². The zero-order valence-corrected chi connectivity index (χ0v) is 39.4. The second kappa shape index (κ2) is 27.1. The third-order valence-corrected chi connectivity index (χ3v) is 10.6. The van der Waals surface area contributed by atoms with Crippen molar-refractivity contribution >= 4 is 50.5 Å². The van der Waals surface area contributed by atoms with Crippen LogP contribution in [0, 0.1) is 5.92 Å². The predicted octanol–water partition coefficient (Wildman–Crippen LogP) is 16.8. The Hall–Kier alpha value is -8.34. The van der Waals surface area contributed by atoms with E-state index in [1.54, 1.807) is 18.4 Å². The highest BCUT2D eigenvalue weighted by Crippen LogP contribution is 2.39. The molecule has 4 heteroatoms. The molecule has 0 spiro atoms. The Morgan fingerprint density at radius 1 is 0.627 bits per heavy atom. The molecule has 0 aliphatic heterocycles. The SMILES string of the molecule is C/C=C/C=C\C=C/N.C=CC.C=Cc1ccc(-c2ccc3c(c2)c2ccccc2n3C2=CC=CC(/C=C/C=C/C=C(\C=C/N)c3ccccc3)C=C2)cc1N(/C(C)=C/C=C\C)c1ccccc1. The van der Waals surface area contributed by atoms with Crippen molar-refractivity contribution in [2.45, 2.75) is 27.7 Å². The van der Waals surface area contributed by atoms with Gasteiger partial charge in [-0.1, -0.05) is 189 Å². The Morgan fingerprint density at radius 3 is 2.00 bits per heavy atom. The number of aromatic nitrogens is 1. The quantitative estimate of drug-likeness (QED) is 0.0846. The van der Waals surface area contributed by atoms with E-state index in [1.165, 1.54) is 28.0 Å². The fourth-order valence-electron chi connectivity index (χ4n) is 7.53. The summed E-state index contributed by atoms with van der Waals surface area (Å²) in [5.74, 6) is 0.161. The lowest BCUT2D eigenvalue weighted by atomic mass is 9.99. The number of anilines is 2. The van der Waals surface area contributed by atoms with Gasteiger partial charge >= 0.3 is 0 Å². The molecule has 0 amide bonds. The van der Waals surface area contributed by atoms with Crippen LogP contribution in [0.5, 0.6) is 0 Å². The second-order valence-corrected chi connectivity index (χ2v) is 15.3. The molecule has 336 valence electrons. The molecule has 0 bridgehead atoms. The summed E-state index contributed by atoms with van der Waals surface area (Å²) in [5.41, 5.74) is 23.1. The van der Waals surface area contributed by atoms with E-state index in [1.807, 2.05) is 75.4 Å². The van der Waals surface area contributed by atoms with Crippen LogP contribution in [0.3, 0.4) is 0 Å². The van der Waals surface area contributed by atoms with Crippen LogP contribution in [0.15, 0.2) is 274 Å². The van der Waals surface area contributed by atoms with Gasteiger partial charge in [-0.05, 0) is 135 Å². The lowest BCUT2D eigenvalue weighted by molar-refractivity contribution is 1.07. The van der Waals surface area contributed by atoms with Crippen LogP contribution in [0.4, 0.5) is 11.4 Å².